The topological polar surface area (TPSA) is 92.8 Å². The van der Waals surface area contributed by atoms with E-state index in [-0.39, 0.29) is 23.1 Å². The third-order valence-corrected chi connectivity index (χ3v) is 6.73. The molecule has 0 atom stereocenters. The minimum Gasteiger partial charge on any atom is -0.507 e. The molecule has 2 amide bonds. The number of aromatic amines is 1. The minimum absolute atomic E-state index is 0.0437. The van der Waals surface area contributed by atoms with Crippen molar-refractivity contribution in [3.8, 4) is 5.75 Å². The first-order chi connectivity index (χ1) is 15.9. The van der Waals surface area contributed by atoms with Crippen LogP contribution in [0.1, 0.15) is 50.9 Å². The molecule has 5 rings (SSSR count). The lowest BCUT2D eigenvalue weighted by Crippen LogP contribution is -2.47. The number of benzene rings is 2. The van der Waals surface area contributed by atoms with Crippen LogP contribution in [0.3, 0.4) is 0 Å². The van der Waals surface area contributed by atoms with Gasteiger partial charge in [0.2, 0.25) is 0 Å². The highest BCUT2D eigenvalue weighted by molar-refractivity contribution is 6.01. The van der Waals surface area contributed by atoms with Crippen LogP contribution in [0.2, 0.25) is 0 Å². The van der Waals surface area contributed by atoms with E-state index in [4.69, 9.17) is 0 Å². The Morgan fingerprint density at radius 2 is 1.76 bits per heavy atom. The number of aromatic nitrogens is 2. The van der Waals surface area contributed by atoms with Crippen molar-refractivity contribution in [1.82, 2.24) is 24.9 Å². The van der Waals surface area contributed by atoms with E-state index >= 15 is 0 Å². The van der Waals surface area contributed by atoms with Gasteiger partial charge in [0.25, 0.3) is 11.8 Å². The van der Waals surface area contributed by atoms with Gasteiger partial charge in [0.15, 0.2) is 0 Å². The summed E-state index contributed by atoms with van der Waals surface area (Å²) in [6.07, 6.45) is 1.75. The van der Waals surface area contributed by atoms with E-state index in [1.807, 2.05) is 23.1 Å². The number of carbonyl (C=O) groups excluding carboxylic acids is 2. The molecule has 0 bridgehead atoms. The van der Waals surface area contributed by atoms with Crippen LogP contribution >= 0.6 is 0 Å². The molecule has 2 N–H and O–H groups in total. The van der Waals surface area contributed by atoms with Crippen LogP contribution in [0, 0.1) is 0 Å². The predicted octanol–water partition coefficient (Wildman–Crippen LogP) is 2.76. The number of fused-ring (bicyclic) bond motifs is 2. The van der Waals surface area contributed by atoms with Crippen LogP contribution in [-0.2, 0) is 19.5 Å². The second-order valence-corrected chi connectivity index (χ2v) is 9.08. The maximum atomic E-state index is 13.3. The summed E-state index contributed by atoms with van der Waals surface area (Å²) in [5.74, 6) is -0.232. The van der Waals surface area contributed by atoms with Gasteiger partial charge < -0.3 is 19.8 Å². The lowest BCUT2D eigenvalue weighted by atomic mass is 10.1. The molecule has 2 aliphatic rings. The van der Waals surface area contributed by atoms with Crippen molar-refractivity contribution in [2.75, 3.05) is 33.2 Å². The highest BCUT2D eigenvalue weighted by Crippen LogP contribution is 2.31. The summed E-state index contributed by atoms with van der Waals surface area (Å²) in [6.45, 7) is 6.17. The van der Waals surface area contributed by atoms with Gasteiger partial charge in [0.1, 0.15) is 5.75 Å². The van der Waals surface area contributed by atoms with E-state index in [2.05, 4.69) is 29.1 Å². The van der Waals surface area contributed by atoms with E-state index in [0.29, 0.717) is 18.7 Å². The Bertz CT molecular complexity index is 1230. The molecule has 1 saturated heterocycles. The number of carbonyl (C=O) groups is 2. The van der Waals surface area contributed by atoms with E-state index in [0.717, 1.165) is 66.7 Å². The summed E-state index contributed by atoms with van der Waals surface area (Å²) in [7, 11) is 2.07. The fourth-order valence-corrected chi connectivity index (χ4v) is 4.74. The molecule has 0 unspecified atom stereocenters. The molecular weight excluding hydrogens is 418 g/mol. The van der Waals surface area contributed by atoms with Crippen molar-refractivity contribution in [3.63, 3.8) is 0 Å². The van der Waals surface area contributed by atoms with Crippen molar-refractivity contribution < 1.29 is 14.7 Å². The van der Waals surface area contributed by atoms with Gasteiger partial charge in [-0.1, -0.05) is 19.4 Å². The summed E-state index contributed by atoms with van der Waals surface area (Å²) >= 11 is 0. The first kappa shape index (κ1) is 21.5. The van der Waals surface area contributed by atoms with E-state index < -0.39 is 0 Å². The van der Waals surface area contributed by atoms with Crippen LogP contribution in [0.15, 0.2) is 30.3 Å². The third-order valence-electron chi connectivity index (χ3n) is 6.73. The van der Waals surface area contributed by atoms with Gasteiger partial charge in [-0.05, 0) is 42.8 Å². The minimum atomic E-state index is -0.221. The fraction of sp³-hybridized carbons (Fsp3) is 0.400. The van der Waals surface area contributed by atoms with Gasteiger partial charge in [-0.25, -0.2) is 0 Å². The van der Waals surface area contributed by atoms with Crippen molar-refractivity contribution in [1.29, 1.82) is 0 Å². The molecule has 8 nitrogen and oxygen atoms in total. The molecule has 1 fully saturated rings. The van der Waals surface area contributed by atoms with E-state index in [1.165, 1.54) is 0 Å². The van der Waals surface area contributed by atoms with Crippen molar-refractivity contribution in [2.45, 2.75) is 32.9 Å². The van der Waals surface area contributed by atoms with Gasteiger partial charge in [-0.2, -0.15) is 5.10 Å². The van der Waals surface area contributed by atoms with Crippen LogP contribution in [0.5, 0.6) is 5.75 Å². The van der Waals surface area contributed by atoms with Gasteiger partial charge in [-0.15, -0.1) is 0 Å². The molecule has 2 aliphatic heterocycles. The van der Waals surface area contributed by atoms with E-state index in [9.17, 15) is 14.7 Å². The number of hydrogen-bond donors (Lipinski definition) is 2. The first-order valence-electron chi connectivity index (χ1n) is 11.5. The second kappa shape index (κ2) is 8.51. The SMILES string of the molecule is CCCc1n[nH]c2cc(O)c(C(=O)N3Cc4ccc(C(=O)N5CCN(C)CC5)cc4C3)cc12. The molecule has 0 radical (unpaired) electrons. The van der Waals surface area contributed by atoms with Crippen molar-refractivity contribution in [3.05, 3.63) is 58.3 Å². The average Bonchev–Trinajstić information content (AvgIpc) is 3.41. The Morgan fingerprint density at radius 3 is 2.52 bits per heavy atom. The third kappa shape index (κ3) is 3.95. The monoisotopic (exact) mass is 447 g/mol. The average molecular weight is 448 g/mol. The fourth-order valence-electron chi connectivity index (χ4n) is 4.74. The number of phenolic OH excluding ortho intramolecular Hbond substituents is 1. The molecule has 3 heterocycles. The Hall–Kier alpha value is -3.39. The number of nitrogens with zero attached hydrogens (tertiary/aromatic N) is 4. The molecule has 0 saturated carbocycles. The predicted molar refractivity (Wildman–Crippen MR) is 125 cm³/mol. The number of nitrogens with one attached hydrogen (secondary N) is 1. The Balaban J connectivity index is 1.35. The normalized spacial score (nSPS) is 16.4. The number of amides is 2. The Morgan fingerprint density at radius 1 is 1.00 bits per heavy atom. The number of H-pyrrole nitrogens is 1. The largest absolute Gasteiger partial charge is 0.507 e. The number of aromatic hydroxyl groups is 1. The van der Waals surface area contributed by atoms with Crippen LogP contribution in [0.4, 0.5) is 0 Å². The summed E-state index contributed by atoms with van der Waals surface area (Å²) in [6, 6.07) is 9.04. The molecule has 1 aromatic heterocycles. The number of piperazine rings is 1. The van der Waals surface area contributed by atoms with Gasteiger partial charge in [-0.3, -0.25) is 14.7 Å². The Kier molecular flexibility index (Phi) is 5.54. The molecule has 0 aliphatic carbocycles. The van der Waals surface area contributed by atoms with Crippen LogP contribution < -0.4 is 0 Å². The standard InChI is InChI=1S/C25H29N5O3/c1-3-4-21-19-12-20(23(31)13-22(19)27-26-21)25(33)30-14-17-6-5-16(11-18(17)15-30)24(32)29-9-7-28(2)8-10-29/h5-6,11-13,31H,3-4,7-10,14-15H2,1-2H3,(H,26,27). The number of phenols is 1. The zero-order valence-electron chi connectivity index (χ0n) is 19.1. The quantitative estimate of drug-likeness (QED) is 0.642. The molecule has 0 spiro atoms. The van der Waals surface area contributed by atoms with Gasteiger partial charge in [0, 0.05) is 56.3 Å². The summed E-state index contributed by atoms with van der Waals surface area (Å²) < 4.78 is 0. The lowest BCUT2D eigenvalue weighted by Gasteiger charge is -2.32. The van der Waals surface area contributed by atoms with Crippen LogP contribution in [0.25, 0.3) is 10.9 Å². The highest BCUT2D eigenvalue weighted by Gasteiger charge is 2.28. The molecular formula is C25H29N5O3. The zero-order valence-corrected chi connectivity index (χ0v) is 19.1. The smallest absolute Gasteiger partial charge is 0.258 e. The number of likely N-dealkylation sites (N-methyl/N-ethyl adjacent to an activating group) is 1. The number of rotatable bonds is 4. The van der Waals surface area contributed by atoms with Crippen molar-refractivity contribution in [2.24, 2.45) is 0 Å². The zero-order chi connectivity index (χ0) is 23.1. The maximum Gasteiger partial charge on any atom is 0.258 e. The summed E-state index contributed by atoms with van der Waals surface area (Å²) in [5.41, 5.74) is 4.59. The molecule has 8 heteroatoms. The maximum absolute atomic E-state index is 13.3. The highest BCUT2D eigenvalue weighted by atomic mass is 16.3. The van der Waals surface area contributed by atoms with Gasteiger partial charge >= 0.3 is 0 Å². The number of hydrogen-bond acceptors (Lipinski definition) is 5. The lowest BCUT2D eigenvalue weighted by molar-refractivity contribution is 0.0663. The van der Waals surface area contributed by atoms with Crippen LogP contribution in [-0.4, -0.2) is 75.0 Å². The van der Waals surface area contributed by atoms with Gasteiger partial charge in [0.05, 0.1) is 16.8 Å². The molecule has 33 heavy (non-hydrogen) atoms. The summed E-state index contributed by atoms with van der Waals surface area (Å²) in [5, 5.41) is 18.7. The summed E-state index contributed by atoms with van der Waals surface area (Å²) in [4.78, 5) is 32.1. The molecule has 2 aromatic carbocycles. The second-order valence-electron chi connectivity index (χ2n) is 9.08. The van der Waals surface area contributed by atoms with Crippen molar-refractivity contribution >= 4 is 22.7 Å². The van der Waals surface area contributed by atoms with E-state index in [1.54, 1.807) is 17.0 Å². The first-order valence-corrected chi connectivity index (χ1v) is 11.5. The number of aryl methyl sites for hydroxylation is 1. The molecule has 172 valence electrons. The Labute approximate surface area is 192 Å². The molecule has 3 aromatic rings.